The lowest BCUT2D eigenvalue weighted by atomic mass is 9.95. The summed E-state index contributed by atoms with van der Waals surface area (Å²) in [4.78, 5) is 12.7. The van der Waals surface area contributed by atoms with Gasteiger partial charge in [0, 0.05) is 19.1 Å². The van der Waals surface area contributed by atoms with E-state index in [1.807, 2.05) is 24.3 Å². The third-order valence-corrected chi connectivity index (χ3v) is 4.77. The van der Waals surface area contributed by atoms with Crippen molar-refractivity contribution < 1.29 is 9.53 Å². The number of thiophene rings is 1. The summed E-state index contributed by atoms with van der Waals surface area (Å²) >= 11 is 1.30. The van der Waals surface area contributed by atoms with E-state index in [9.17, 15) is 4.79 Å². The second kappa shape index (κ2) is 6.73. The number of hydrogen-bond acceptors (Lipinski definition) is 4. The van der Waals surface area contributed by atoms with Gasteiger partial charge in [-0.25, -0.2) is 0 Å². The minimum absolute atomic E-state index is 0.0280. The summed E-state index contributed by atoms with van der Waals surface area (Å²) in [6.45, 7) is 1.27. The van der Waals surface area contributed by atoms with Gasteiger partial charge in [-0.3, -0.25) is 4.79 Å². The van der Waals surface area contributed by atoms with Crippen LogP contribution in [0.1, 0.15) is 33.3 Å². The van der Waals surface area contributed by atoms with E-state index < -0.39 is 0 Å². The molecule has 1 aromatic carbocycles. The number of carbonyl (C=O) groups excluding carboxylic acids is 1. The normalized spacial score (nSPS) is 20.5. The van der Waals surface area contributed by atoms with Crippen molar-refractivity contribution in [3.8, 4) is 6.07 Å². The Morgan fingerprint density at radius 2 is 2.18 bits per heavy atom. The molecule has 2 heterocycles. The predicted molar refractivity (Wildman–Crippen MR) is 84.6 cm³/mol. The molecule has 1 amide bonds. The molecule has 0 unspecified atom stereocenters. The van der Waals surface area contributed by atoms with Crippen LogP contribution in [0.5, 0.6) is 0 Å². The summed E-state index contributed by atoms with van der Waals surface area (Å²) in [5, 5.41) is 13.7. The average molecular weight is 312 g/mol. The number of amides is 1. The van der Waals surface area contributed by atoms with Crippen LogP contribution in [0.2, 0.25) is 0 Å². The van der Waals surface area contributed by atoms with Gasteiger partial charge in [0.15, 0.2) is 0 Å². The summed E-state index contributed by atoms with van der Waals surface area (Å²) in [7, 11) is 0. The molecule has 0 radical (unpaired) electrons. The van der Waals surface area contributed by atoms with Crippen molar-refractivity contribution >= 4 is 17.2 Å². The van der Waals surface area contributed by atoms with Crippen LogP contribution in [0.4, 0.5) is 0 Å². The van der Waals surface area contributed by atoms with Crippen LogP contribution in [0.3, 0.4) is 0 Å². The van der Waals surface area contributed by atoms with Crippen LogP contribution in [0.25, 0.3) is 0 Å². The highest BCUT2D eigenvalue weighted by atomic mass is 32.1. The van der Waals surface area contributed by atoms with Crippen molar-refractivity contribution in [2.75, 3.05) is 13.2 Å². The Labute approximate surface area is 133 Å². The first-order valence-corrected chi connectivity index (χ1v) is 8.10. The first kappa shape index (κ1) is 14.8. The Morgan fingerprint density at radius 1 is 1.36 bits per heavy atom. The summed E-state index contributed by atoms with van der Waals surface area (Å²) in [6, 6.07) is 13.8. The molecular weight excluding hydrogens is 296 g/mol. The fourth-order valence-corrected chi connectivity index (χ4v) is 3.49. The van der Waals surface area contributed by atoms with Crippen LogP contribution in [0.15, 0.2) is 41.8 Å². The van der Waals surface area contributed by atoms with Gasteiger partial charge in [-0.15, -0.1) is 11.3 Å². The number of ether oxygens (including phenoxy) is 1. The van der Waals surface area contributed by atoms with Crippen molar-refractivity contribution in [3.05, 3.63) is 57.8 Å². The molecule has 3 rings (SSSR count). The van der Waals surface area contributed by atoms with E-state index in [1.54, 1.807) is 11.4 Å². The maximum Gasteiger partial charge on any atom is 0.262 e. The SMILES string of the molecule is N#Cc1ccsc1C(=O)NC[C@@H]1CCO[C@H]1c1ccccc1. The molecule has 1 fully saturated rings. The minimum Gasteiger partial charge on any atom is -0.373 e. The van der Waals surface area contributed by atoms with Crippen molar-refractivity contribution in [1.29, 1.82) is 5.26 Å². The molecular formula is C17H16N2O2S. The fraction of sp³-hybridized carbons (Fsp3) is 0.294. The quantitative estimate of drug-likeness (QED) is 0.943. The van der Waals surface area contributed by atoms with E-state index >= 15 is 0 Å². The smallest absolute Gasteiger partial charge is 0.262 e. The number of nitriles is 1. The monoisotopic (exact) mass is 312 g/mol. The largest absolute Gasteiger partial charge is 0.373 e. The highest BCUT2D eigenvalue weighted by Gasteiger charge is 2.30. The Bertz CT molecular complexity index is 690. The molecule has 0 aliphatic carbocycles. The van der Waals surface area contributed by atoms with E-state index in [2.05, 4.69) is 17.4 Å². The number of rotatable bonds is 4. The maximum absolute atomic E-state index is 12.2. The van der Waals surface area contributed by atoms with Gasteiger partial charge < -0.3 is 10.1 Å². The van der Waals surface area contributed by atoms with E-state index in [4.69, 9.17) is 10.00 Å². The number of benzene rings is 1. The minimum atomic E-state index is -0.176. The number of nitrogens with one attached hydrogen (secondary N) is 1. The molecule has 0 spiro atoms. The molecule has 5 heteroatoms. The Morgan fingerprint density at radius 3 is 2.95 bits per heavy atom. The van der Waals surface area contributed by atoms with Gasteiger partial charge in [0.25, 0.3) is 5.91 Å². The van der Waals surface area contributed by atoms with Crippen LogP contribution in [0, 0.1) is 17.2 Å². The van der Waals surface area contributed by atoms with E-state index in [0.717, 1.165) is 12.0 Å². The van der Waals surface area contributed by atoms with Gasteiger partial charge in [0.05, 0.1) is 11.7 Å². The third kappa shape index (κ3) is 3.03. The molecule has 1 saturated heterocycles. The molecule has 112 valence electrons. The molecule has 1 aliphatic heterocycles. The van der Waals surface area contributed by atoms with Gasteiger partial charge >= 0.3 is 0 Å². The van der Waals surface area contributed by atoms with Crippen LogP contribution >= 0.6 is 11.3 Å². The lowest BCUT2D eigenvalue weighted by Crippen LogP contribution is -2.30. The highest BCUT2D eigenvalue weighted by Crippen LogP contribution is 2.34. The summed E-state index contributed by atoms with van der Waals surface area (Å²) < 4.78 is 5.82. The second-order valence-electron chi connectivity index (χ2n) is 5.24. The van der Waals surface area contributed by atoms with Gasteiger partial charge in [0.1, 0.15) is 10.9 Å². The van der Waals surface area contributed by atoms with Gasteiger partial charge in [0.2, 0.25) is 0 Å². The third-order valence-electron chi connectivity index (χ3n) is 3.86. The first-order chi connectivity index (χ1) is 10.8. The molecule has 0 bridgehead atoms. The lowest BCUT2D eigenvalue weighted by Gasteiger charge is -2.19. The molecule has 4 nitrogen and oxygen atoms in total. The molecule has 0 saturated carbocycles. The Hall–Kier alpha value is -2.16. The van der Waals surface area contributed by atoms with Gasteiger partial charge in [-0.05, 0) is 23.4 Å². The van der Waals surface area contributed by atoms with Crippen molar-refractivity contribution in [2.45, 2.75) is 12.5 Å². The summed E-state index contributed by atoms with van der Waals surface area (Å²) in [6.07, 6.45) is 0.954. The van der Waals surface area contributed by atoms with Crippen LogP contribution in [-0.2, 0) is 4.74 Å². The lowest BCUT2D eigenvalue weighted by molar-refractivity contribution is 0.0848. The number of hydrogen-bond donors (Lipinski definition) is 1. The summed E-state index contributed by atoms with van der Waals surface area (Å²) in [5.41, 5.74) is 1.58. The standard InChI is InChI=1S/C17H16N2O2S/c18-10-13-7-9-22-16(13)17(20)19-11-14-6-8-21-15(14)12-4-2-1-3-5-12/h1-5,7,9,14-15H,6,8,11H2,(H,19,20)/t14-,15-/m0/s1. The van der Waals surface area contributed by atoms with E-state index in [1.165, 1.54) is 11.3 Å². The summed E-state index contributed by atoms with van der Waals surface area (Å²) in [5.74, 6) is 0.0853. The van der Waals surface area contributed by atoms with Crippen molar-refractivity contribution in [3.63, 3.8) is 0 Å². The van der Waals surface area contributed by atoms with Crippen molar-refractivity contribution in [1.82, 2.24) is 5.32 Å². The predicted octanol–water partition coefficient (Wildman–Crippen LogP) is 3.13. The zero-order chi connectivity index (χ0) is 15.4. The number of nitrogens with zero attached hydrogens (tertiary/aromatic N) is 1. The van der Waals surface area contributed by atoms with Crippen LogP contribution < -0.4 is 5.32 Å². The fourth-order valence-electron chi connectivity index (χ4n) is 2.73. The molecule has 1 N–H and O–H groups in total. The van der Waals surface area contributed by atoms with Gasteiger partial charge in [-0.1, -0.05) is 30.3 Å². The molecule has 2 atom stereocenters. The van der Waals surface area contributed by atoms with E-state index in [-0.39, 0.29) is 17.9 Å². The topological polar surface area (TPSA) is 62.1 Å². The first-order valence-electron chi connectivity index (χ1n) is 7.22. The van der Waals surface area contributed by atoms with E-state index in [0.29, 0.717) is 23.6 Å². The number of carbonyl (C=O) groups is 1. The Kier molecular flexibility index (Phi) is 4.52. The zero-order valence-electron chi connectivity index (χ0n) is 12.0. The van der Waals surface area contributed by atoms with Crippen molar-refractivity contribution in [2.24, 2.45) is 5.92 Å². The molecule has 1 aromatic heterocycles. The molecule has 22 heavy (non-hydrogen) atoms. The second-order valence-corrected chi connectivity index (χ2v) is 6.15. The van der Waals surface area contributed by atoms with Crippen LogP contribution in [-0.4, -0.2) is 19.1 Å². The highest BCUT2D eigenvalue weighted by molar-refractivity contribution is 7.12. The zero-order valence-corrected chi connectivity index (χ0v) is 12.8. The van der Waals surface area contributed by atoms with Gasteiger partial charge in [-0.2, -0.15) is 5.26 Å². The average Bonchev–Trinajstić information content (AvgIpc) is 3.22. The Balaban J connectivity index is 1.64. The molecule has 1 aliphatic rings. The maximum atomic E-state index is 12.2. The molecule has 2 aromatic rings.